The van der Waals surface area contributed by atoms with Crippen LogP contribution in [0.5, 0.6) is 5.75 Å². The van der Waals surface area contributed by atoms with E-state index >= 15 is 0 Å². The van der Waals surface area contributed by atoms with Gasteiger partial charge in [0.05, 0.1) is 18.5 Å². The Morgan fingerprint density at radius 3 is 1.68 bits per heavy atom. The lowest BCUT2D eigenvalue weighted by Crippen LogP contribution is -1.84. The van der Waals surface area contributed by atoms with Crippen molar-refractivity contribution < 1.29 is 4.74 Å². The minimum absolute atomic E-state index is 0.829. The van der Waals surface area contributed by atoms with Gasteiger partial charge in [0.25, 0.3) is 0 Å². The molecule has 0 unspecified atom stereocenters. The van der Waals surface area contributed by atoms with Crippen LogP contribution in [0.3, 0.4) is 0 Å². The fourth-order valence-electron chi connectivity index (χ4n) is 3.73. The number of H-pyrrole nitrogens is 1. The summed E-state index contributed by atoms with van der Waals surface area (Å²) < 4.78 is 5.29. The van der Waals surface area contributed by atoms with Crippen molar-refractivity contribution in [2.24, 2.45) is 0 Å². The molecule has 150 valence electrons. The average molecular weight is 402 g/mol. The molecule has 31 heavy (non-hydrogen) atoms. The van der Waals surface area contributed by atoms with E-state index in [1.54, 1.807) is 7.11 Å². The first-order valence-electron chi connectivity index (χ1n) is 10.3. The first-order chi connectivity index (χ1) is 15.3. The predicted molar refractivity (Wildman–Crippen MR) is 127 cm³/mol. The third kappa shape index (κ3) is 3.86. The van der Waals surface area contributed by atoms with Gasteiger partial charge in [-0.25, -0.2) is 4.98 Å². The second-order valence-corrected chi connectivity index (χ2v) is 7.35. The number of hydrogen-bond acceptors (Lipinski definition) is 2. The maximum atomic E-state index is 5.29. The SMILES string of the molecule is COc1ccc(-c2nc(-c3ccccc3)c(-c3ccc(-c4ccccc4)cc3)[nH]2)cc1. The van der Waals surface area contributed by atoms with Crippen molar-refractivity contribution in [1.82, 2.24) is 9.97 Å². The molecule has 4 aromatic carbocycles. The molecule has 0 radical (unpaired) electrons. The molecule has 5 aromatic rings. The number of nitrogens with zero attached hydrogens (tertiary/aromatic N) is 1. The molecule has 1 heterocycles. The fraction of sp³-hybridized carbons (Fsp3) is 0.0357. The average Bonchev–Trinajstić information content (AvgIpc) is 3.31. The molecule has 0 amide bonds. The summed E-state index contributed by atoms with van der Waals surface area (Å²) in [7, 11) is 1.67. The highest BCUT2D eigenvalue weighted by Gasteiger charge is 2.15. The largest absolute Gasteiger partial charge is 0.497 e. The Balaban J connectivity index is 1.59. The Hall–Kier alpha value is -4.11. The number of aromatic amines is 1. The van der Waals surface area contributed by atoms with E-state index in [1.165, 1.54) is 11.1 Å². The molecule has 1 aromatic heterocycles. The van der Waals surface area contributed by atoms with Crippen molar-refractivity contribution in [3.8, 4) is 50.8 Å². The van der Waals surface area contributed by atoms with E-state index in [9.17, 15) is 0 Å². The summed E-state index contributed by atoms with van der Waals surface area (Å²) in [4.78, 5) is 8.52. The molecule has 0 spiro atoms. The standard InChI is InChI=1S/C28H22N2O/c1-31-25-18-16-24(17-19-25)28-29-26(22-10-6-3-7-11-22)27(30-28)23-14-12-21(13-15-23)20-8-4-2-5-9-20/h2-19H,1H3,(H,29,30). The quantitative estimate of drug-likeness (QED) is 0.341. The van der Waals surface area contributed by atoms with E-state index in [0.29, 0.717) is 0 Å². The molecule has 0 fully saturated rings. The smallest absolute Gasteiger partial charge is 0.138 e. The highest BCUT2D eigenvalue weighted by Crippen LogP contribution is 2.34. The van der Waals surface area contributed by atoms with E-state index in [-0.39, 0.29) is 0 Å². The van der Waals surface area contributed by atoms with Crippen molar-refractivity contribution in [3.05, 3.63) is 109 Å². The third-order valence-electron chi connectivity index (χ3n) is 5.40. The Bertz CT molecular complexity index is 1270. The highest BCUT2D eigenvalue weighted by molar-refractivity contribution is 5.82. The molecule has 0 bridgehead atoms. The maximum absolute atomic E-state index is 5.29. The molecule has 5 rings (SSSR count). The van der Waals surface area contributed by atoms with Crippen LogP contribution in [0.4, 0.5) is 0 Å². The number of hydrogen-bond donors (Lipinski definition) is 1. The second-order valence-electron chi connectivity index (χ2n) is 7.35. The van der Waals surface area contributed by atoms with Gasteiger partial charge in [0.1, 0.15) is 11.6 Å². The molecule has 0 aliphatic heterocycles. The van der Waals surface area contributed by atoms with E-state index in [0.717, 1.165) is 39.7 Å². The topological polar surface area (TPSA) is 37.9 Å². The van der Waals surface area contributed by atoms with Gasteiger partial charge in [0, 0.05) is 16.7 Å². The molecule has 3 heteroatoms. The molecule has 0 saturated heterocycles. The van der Waals surface area contributed by atoms with Gasteiger partial charge in [-0.05, 0) is 35.4 Å². The Kier molecular flexibility index (Phi) is 5.07. The lowest BCUT2D eigenvalue weighted by molar-refractivity contribution is 0.415. The number of nitrogens with one attached hydrogen (secondary N) is 1. The Morgan fingerprint density at radius 1 is 0.548 bits per heavy atom. The number of methoxy groups -OCH3 is 1. The van der Waals surface area contributed by atoms with Crippen LogP contribution in [-0.4, -0.2) is 17.1 Å². The maximum Gasteiger partial charge on any atom is 0.138 e. The summed E-state index contributed by atoms with van der Waals surface area (Å²) >= 11 is 0. The first kappa shape index (κ1) is 18.9. The van der Waals surface area contributed by atoms with Crippen molar-refractivity contribution in [3.63, 3.8) is 0 Å². The van der Waals surface area contributed by atoms with Gasteiger partial charge >= 0.3 is 0 Å². The van der Waals surface area contributed by atoms with E-state index in [4.69, 9.17) is 9.72 Å². The summed E-state index contributed by atoms with van der Waals surface area (Å²) in [6, 6.07) is 37.3. The van der Waals surface area contributed by atoms with Crippen molar-refractivity contribution in [2.75, 3.05) is 7.11 Å². The highest BCUT2D eigenvalue weighted by atomic mass is 16.5. The zero-order valence-corrected chi connectivity index (χ0v) is 17.2. The van der Waals surface area contributed by atoms with Crippen molar-refractivity contribution in [1.29, 1.82) is 0 Å². The predicted octanol–water partition coefficient (Wildman–Crippen LogP) is 7.09. The number of rotatable bonds is 5. The van der Waals surface area contributed by atoms with Crippen molar-refractivity contribution >= 4 is 0 Å². The molecule has 0 atom stereocenters. The van der Waals surface area contributed by atoms with Gasteiger partial charge < -0.3 is 9.72 Å². The molecule has 0 aliphatic carbocycles. The zero-order valence-electron chi connectivity index (χ0n) is 17.2. The molecule has 0 aliphatic rings. The van der Waals surface area contributed by atoms with Crippen molar-refractivity contribution in [2.45, 2.75) is 0 Å². The fourth-order valence-corrected chi connectivity index (χ4v) is 3.73. The summed E-state index contributed by atoms with van der Waals surface area (Å²) in [5, 5.41) is 0. The molecule has 3 nitrogen and oxygen atoms in total. The molecule has 1 N–H and O–H groups in total. The minimum atomic E-state index is 0.829. The zero-order chi connectivity index (χ0) is 21.0. The van der Waals surface area contributed by atoms with Crippen LogP contribution in [0.25, 0.3) is 45.0 Å². The summed E-state index contributed by atoms with van der Waals surface area (Å²) in [5.74, 6) is 1.67. The Morgan fingerprint density at radius 2 is 1.06 bits per heavy atom. The molecular formula is C28H22N2O. The number of aromatic nitrogens is 2. The van der Waals surface area contributed by atoms with Gasteiger partial charge in [0.2, 0.25) is 0 Å². The molecule has 0 saturated carbocycles. The lowest BCUT2D eigenvalue weighted by Gasteiger charge is -2.06. The summed E-state index contributed by atoms with van der Waals surface area (Å²) in [6.07, 6.45) is 0. The van der Waals surface area contributed by atoms with Gasteiger partial charge in [-0.3, -0.25) is 0 Å². The van der Waals surface area contributed by atoms with E-state index in [1.807, 2.05) is 48.5 Å². The lowest BCUT2D eigenvalue weighted by atomic mass is 10.0. The number of imidazole rings is 1. The van der Waals surface area contributed by atoms with Gasteiger partial charge in [-0.2, -0.15) is 0 Å². The van der Waals surface area contributed by atoms with E-state index < -0.39 is 0 Å². The van der Waals surface area contributed by atoms with Crippen LogP contribution in [0.2, 0.25) is 0 Å². The monoisotopic (exact) mass is 402 g/mol. The van der Waals surface area contributed by atoms with Gasteiger partial charge in [0.15, 0.2) is 0 Å². The van der Waals surface area contributed by atoms with Crippen LogP contribution < -0.4 is 4.74 Å². The van der Waals surface area contributed by atoms with Crippen LogP contribution in [0.15, 0.2) is 109 Å². The van der Waals surface area contributed by atoms with Crippen LogP contribution in [0.1, 0.15) is 0 Å². The molecular weight excluding hydrogens is 380 g/mol. The first-order valence-corrected chi connectivity index (χ1v) is 10.3. The second kappa shape index (κ2) is 8.33. The summed E-state index contributed by atoms with van der Waals surface area (Å²) in [6.45, 7) is 0. The van der Waals surface area contributed by atoms with Gasteiger partial charge in [-0.15, -0.1) is 0 Å². The normalized spacial score (nSPS) is 10.7. The minimum Gasteiger partial charge on any atom is -0.497 e. The van der Waals surface area contributed by atoms with E-state index in [2.05, 4.69) is 65.6 Å². The number of ether oxygens (including phenoxy) is 1. The number of benzene rings is 4. The van der Waals surface area contributed by atoms with Crippen LogP contribution in [-0.2, 0) is 0 Å². The van der Waals surface area contributed by atoms with Crippen LogP contribution in [0, 0.1) is 0 Å². The van der Waals surface area contributed by atoms with Gasteiger partial charge in [-0.1, -0.05) is 84.9 Å². The Labute approximate surface area is 182 Å². The van der Waals surface area contributed by atoms with Crippen LogP contribution >= 0.6 is 0 Å². The summed E-state index contributed by atoms with van der Waals surface area (Å²) in [5.41, 5.74) is 7.56. The third-order valence-corrected chi connectivity index (χ3v) is 5.40.